The molecule has 2 N–H and O–H groups in total. The maximum Gasteiger partial charge on any atom is 0.346 e. The van der Waals surface area contributed by atoms with Crippen molar-refractivity contribution in [1.82, 2.24) is 0 Å². The molecule has 0 radical (unpaired) electrons. The smallest absolute Gasteiger partial charge is 0.346 e. The van der Waals surface area contributed by atoms with Gasteiger partial charge in [-0.2, -0.15) is 0 Å². The highest BCUT2D eigenvalue weighted by atomic mass is 32.1. The van der Waals surface area contributed by atoms with E-state index in [9.17, 15) is 4.79 Å². The van der Waals surface area contributed by atoms with E-state index in [0.29, 0.717) is 11.3 Å². The molecule has 82 valence electrons. The van der Waals surface area contributed by atoms with E-state index in [4.69, 9.17) is 27.1 Å². The summed E-state index contributed by atoms with van der Waals surface area (Å²) in [5.74, 6) is 0.504. The molecule has 0 fully saturated rings. The largest absolute Gasteiger partial charge is 0.493 e. The minimum atomic E-state index is -0.551. The Bertz CT molecular complexity index is 618. The number of ether oxygens (including phenoxy) is 1. The Morgan fingerprint density at radius 2 is 2.25 bits per heavy atom. The van der Waals surface area contributed by atoms with Crippen molar-refractivity contribution in [3.05, 3.63) is 40.2 Å². The molecular formula is C11H9NO3S. The molecule has 2 rings (SSSR count). The number of nitrogens with two attached hydrogens (primary N) is 1. The van der Waals surface area contributed by atoms with Gasteiger partial charge in [0.25, 0.3) is 0 Å². The Labute approximate surface area is 96.6 Å². The summed E-state index contributed by atoms with van der Waals surface area (Å²) in [5.41, 5.74) is 5.47. The second kappa shape index (κ2) is 3.94. The lowest BCUT2D eigenvalue weighted by atomic mass is 10.2. The van der Waals surface area contributed by atoms with Gasteiger partial charge in [-0.25, -0.2) is 4.79 Å². The Morgan fingerprint density at radius 1 is 1.50 bits per heavy atom. The second-order valence-electron chi connectivity index (χ2n) is 3.19. The average Bonchev–Trinajstić information content (AvgIpc) is 2.27. The van der Waals surface area contributed by atoms with Crippen LogP contribution in [0.4, 0.5) is 0 Å². The molecular weight excluding hydrogens is 226 g/mol. The topological polar surface area (TPSA) is 65.5 Å². The van der Waals surface area contributed by atoms with Crippen molar-refractivity contribution in [2.45, 2.75) is 0 Å². The zero-order valence-corrected chi connectivity index (χ0v) is 9.34. The highest BCUT2D eigenvalue weighted by molar-refractivity contribution is 7.80. The minimum Gasteiger partial charge on any atom is -0.493 e. The lowest BCUT2D eigenvalue weighted by Gasteiger charge is -2.04. The molecule has 0 atom stereocenters. The molecule has 5 heteroatoms. The predicted octanol–water partition coefficient (Wildman–Crippen LogP) is 1.44. The molecule has 1 aromatic heterocycles. The summed E-state index contributed by atoms with van der Waals surface area (Å²) in [5, 5.41) is 0.724. The first-order valence-electron chi connectivity index (χ1n) is 4.54. The van der Waals surface area contributed by atoms with Gasteiger partial charge in [-0.15, -0.1) is 0 Å². The first-order valence-corrected chi connectivity index (χ1v) is 4.95. The summed E-state index contributed by atoms with van der Waals surface area (Å²) in [6.45, 7) is 0. The summed E-state index contributed by atoms with van der Waals surface area (Å²) in [6.07, 6.45) is 0. The van der Waals surface area contributed by atoms with E-state index in [-0.39, 0.29) is 10.6 Å². The number of hydrogen-bond donors (Lipinski definition) is 1. The average molecular weight is 235 g/mol. The molecule has 0 spiro atoms. The molecule has 0 bridgehead atoms. The van der Waals surface area contributed by atoms with Gasteiger partial charge >= 0.3 is 5.63 Å². The van der Waals surface area contributed by atoms with Gasteiger partial charge in [0.05, 0.1) is 12.7 Å². The zero-order valence-electron chi connectivity index (χ0n) is 8.52. The molecule has 0 saturated heterocycles. The summed E-state index contributed by atoms with van der Waals surface area (Å²) in [4.78, 5) is 11.6. The molecule has 0 amide bonds. The van der Waals surface area contributed by atoms with Crippen molar-refractivity contribution in [2.75, 3.05) is 7.11 Å². The fraction of sp³-hybridized carbons (Fsp3) is 0.0909. The zero-order chi connectivity index (χ0) is 11.7. The van der Waals surface area contributed by atoms with E-state index >= 15 is 0 Å². The molecule has 0 aliphatic rings. The van der Waals surface area contributed by atoms with Crippen LogP contribution in [0.25, 0.3) is 11.0 Å². The van der Waals surface area contributed by atoms with E-state index in [1.165, 1.54) is 7.11 Å². The van der Waals surface area contributed by atoms with Gasteiger partial charge in [-0.1, -0.05) is 24.4 Å². The van der Waals surface area contributed by atoms with Crippen LogP contribution in [0, 0.1) is 0 Å². The highest BCUT2D eigenvalue weighted by Crippen LogP contribution is 2.24. The van der Waals surface area contributed by atoms with Gasteiger partial charge in [-0.05, 0) is 12.1 Å². The van der Waals surface area contributed by atoms with Crippen molar-refractivity contribution >= 4 is 28.2 Å². The Balaban J connectivity index is 2.83. The lowest BCUT2D eigenvalue weighted by molar-refractivity contribution is 0.406. The molecule has 1 heterocycles. The lowest BCUT2D eigenvalue weighted by Crippen LogP contribution is -2.19. The monoisotopic (exact) mass is 235 g/mol. The number of hydrogen-bond acceptors (Lipinski definition) is 4. The van der Waals surface area contributed by atoms with E-state index in [2.05, 4.69) is 0 Å². The SMILES string of the molecule is COc1cccc2cc(C(N)=S)c(=O)oc12. The molecule has 1 aromatic carbocycles. The number of methoxy groups -OCH3 is 1. The van der Waals surface area contributed by atoms with Gasteiger partial charge in [0.1, 0.15) is 4.99 Å². The van der Waals surface area contributed by atoms with Crippen LogP contribution in [-0.4, -0.2) is 12.1 Å². The van der Waals surface area contributed by atoms with Crippen molar-refractivity contribution in [1.29, 1.82) is 0 Å². The molecule has 0 unspecified atom stereocenters. The standard InChI is InChI=1S/C11H9NO3S/c1-14-8-4-2-3-6-5-7(10(12)16)11(13)15-9(6)8/h2-5H,1H3,(H2,12,16). The maximum atomic E-state index is 11.6. The van der Waals surface area contributed by atoms with Crippen LogP contribution in [-0.2, 0) is 0 Å². The van der Waals surface area contributed by atoms with Crippen molar-refractivity contribution < 1.29 is 9.15 Å². The number of rotatable bonds is 2. The van der Waals surface area contributed by atoms with Crippen LogP contribution in [0.3, 0.4) is 0 Å². The fourth-order valence-corrected chi connectivity index (χ4v) is 1.59. The number of thiocarbonyl (C=S) groups is 1. The van der Waals surface area contributed by atoms with Crippen molar-refractivity contribution in [3.63, 3.8) is 0 Å². The molecule has 0 saturated carbocycles. The van der Waals surface area contributed by atoms with Gasteiger partial charge in [0.15, 0.2) is 11.3 Å². The van der Waals surface area contributed by atoms with Gasteiger partial charge in [-0.3, -0.25) is 0 Å². The minimum absolute atomic E-state index is 0.0264. The van der Waals surface area contributed by atoms with E-state index < -0.39 is 5.63 Å². The van der Waals surface area contributed by atoms with Crippen LogP contribution in [0.1, 0.15) is 5.56 Å². The molecule has 2 aromatic rings. The number of benzene rings is 1. The van der Waals surface area contributed by atoms with Crippen LogP contribution in [0.5, 0.6) is 5.75 Å². The van der Waals surface area contributed by atoms with Crippen molar-refractivity contribution in [2.24, 2.45) is 5.73 Å². The third-order valence-corrected chi connectivity index (χ3v) is 2.43. The second-order valence-corrected chi connectivity index (χ2v) is 3.63. The number of para-hydroxylation sites is 1. The third-order valence-electron chi connectivity index (χ3n) is 2.21. The van der Waals surface area contributed by atoms with Crippen LogP contribution >= 0.6 is 12.2 Å². The van der Waals surface area contributed by atoms with E-state index in [1.807, 2.05) is 0 Å². The molecule has 16 heavy (non-hydrogen) atoms. The fourth-order valence-electron chi connectivity index (χ4n) is 1.45. The van der Waals surface area contributed by atoms with Crippen LogP contribution in [0.15, 0.2) is 33.5 Å². The van der Waals surface area contributed by atoms with Gasteiger partial charge in [0.2, 0.25) is 0 Å². The summed E-state index contributed by atoms with van der Waals surface area (Å²) in [7, 11) is 1.51. The quantitative estimate of drug-likeness (QED) is 0.630. The first-order chi connectivity index (χ1) is 7.63. The Hall–Kier alpha value is -1.88. The van der Waals surface area contributed by atoms with Gasteiger partial charge < -0.3 is 14.9 Å². The summed E-state index contributed by atoms with van der Waals surface area (Å²) >= 11 is 4.76. The molecule has 0 aliphatic carbocycles. The van der Waals surface area contributed by atoms with Crippen LogP contribution < -0.4 is 16.1 Å². The van der Waals surface area contributed by atoms with Crippen LogP contribution in [0.2, 0.25) is 0 Å². The number of fused-ring (bicyclic) bond motifs is 1. The Kier molecular flexibility index (Phi) is 2.62. The normalized spacial score (nSPS) is 10.3. The summed E-state index contributed by atoms with van der Waals surface area (Å²) in [6, 6.07) is 6.91. The Morgan fingerprint density at radius 3 is 2.88 bits per heavy atom. The maximum absolute atomic E-state index is 11.6. The highest BCUT2D eigenvalue weighted by Gasteiger charge is 2.10. The van der Waals surface area contributed by atoms with E-state index in [0.717, 1.165) is 5.39 Å². The summed E-state index contributed by atoms with van der Waals surface area (Å²) < 4.78 is 10.2. The third kappa shape index (κ3) is 1.65. The molecule has 4 nitrogen and oxygen atoms in total. The van der Waals surface area contributed by atoms with Crippen molar-refractivity contribution in [3.8, 4) is 5.75 Å². The van der Waals surface area contributed by atoms with E-state index in [1.54, 1.807) is 24.3 Å². The van der Waals surface area contributed by atoms with Gasteiger partial charge in [0, 0.05) is 5.39 Å². The predicted molar refractivity (Wildman–Crippen MR) is 64.9 cm³/mol. The first kappa shape index (κ1) is 10.6. The molecule has 0 aliphatic heterocycles.